The number of halogens is 1. The number of aromatic nitrogens is 1. The van der Waals surface area contributed by atoms with E-state index in [1.54, 1.807) is 18.4 Å². The van der Waals surface area contributed by atoms with E-state index in [0.29, 0.717) is 0 Å². The van der Waals surface area contributed by atoms with Gasteiger partial charge in [-0.15, -0.1) is 35.3 Å². The lowest BCUT2D eigenvalue weighted by molar-refractivity contribution is -0.123. The first-order valence-electron chi connectivity index (χ1n) is 8.88. The van der Waals surface area contributed by atoms with E-state index in [1.165, 1.54) is 4.88 Å². The molecule has 0 spiro atoms. The lowest BCUT2D eigenvalue weighted by Gasteiger charge is -2.31. The first-order valence-corrected chi connectivity index (χ1v) is 9.70. The average Bonchev–Trinajstić information content (AvgIpc) is 2.92. The van der Waals surface area contributed by atoms with Crippen LogP contribution >= 0.6 is 35.3 Å². The number of aryl methyl sites for hydroxylation is 2. The maximum atomic E-state index is 11.3. The molecule has 1 aromatic heterocycles. The van der Waals surface area contributed by atoms with Gasteiger partial charge in [-0.3, -0.25) is 9.79 Å². The third kappa shape index (κ3) is 7.36. The van der Waals surface area contributed by atoms with E-state index < -0.39 is 0 Å². The molecule has 1 unspecified atom stereocenters. The van der Waals surface area contributed by atoms with E-state index in [4.69, 9.17) is 5.73 Å². The molecule has 1 atom stereocenters. The zero-order valence-corrected chi connectivity index (χ0v) is 19.0. The zero-order valence-electron chi connectivity index (χ0n) is 15.9. The molecule has 0 aromatic carbocycles. The second-order valence-electron chi connectivity index (χ2n) is 6.49. The van der Waals surface area contributed by atoms with Gasteiger partial charge in [-0.1, -0.05) is 0 Å². The number of nitrogens with two attached hydrogens (primary N) is 1. The van der Waals surface area contributed by atoms with Crippen LogP contribution < -0.4 is 16.4 Å². The SMILES string of the molecule is CN=C(NCCCN1CCCC(C(N)=O)C1)NCc1sc(C)nc1C.I. The summed E-state index contributed by atoms with van der Waals surface area (Å²) in [6.07, 6.45) is 2.99. The fourth-order valence-electron chi connectivity index (χ4n) is 3.12. The minimum atomic E-state index is -0.166. The molecule has 1 saturated heterocycles. The molecule has 2 heterocycles. The Balaban J connectivity index is 0.00000338. The number of primary amides is 1. The summed E-state index contributed by atoms with van der Waals surface area (Å²) in [4.78, 5) is 23.6. The molecular weight excluding hydrogens is 463 g/mol. The maximum Gasteiger partial charge on any atom is 0.221 e. The van der Waals surface area contributed by atoms with Gasteiger partial charge >= 0.3 is 0 Å². The monoisotopic (exact) mass is 494 g/mol. The fraction of sp³-hybridized carbons (Fsp3) is 0.706. The van der Waals surface area contributed by atoms with Crippen molar-refractivity contribution in [2.45, 2.75) is 39.7 Å². The number of rotatable bonds is 7. The van der Waals surface area contributed by atoms with Crippen molar-refractivity contribution < 1.29 is 4.79 Å². The lowest BCUT2D eigenvalue weighted by Crippen LogP contribution is -2.42. The van der Waals surface area contributed by atoms with Crippen LogP contribution in [-0.2, 0) is 11.3 Å². The Kier molecular flexibility index (Phi) is 10.4. The molecule has 0 aliphatic carbocycles. The van der Waals surface area contributed by atoms with Crippen molar-refractivity contribution in [3.63, 3.8) is 0 Å². The van der Waals surface area contributed by atoms with Crippen molar-refractivity contribution >= 4 is 47.2 Å². The number of carbonyl (C=O) groups is 1. The number of carbonyl (C=O) groups excluding carboxylic acids is 1. The number of thiazole rings is 1. The van der Waals surface area contributed by atoms with E-state index in [9.17, 15) is 4.79 Å². The third-order valence-electron chi connectivity index (χ3n) is 4.49. The Morgan fingerprint density at radius 3 is 2.81 bits per heavy atom. The quantitative estimate of drug-likeness (QED) is 0.232. The number of likely N-dealkylation sites (tertiary alicyclic amines) is 1. The predicted molar refractivity (Wildman–Crippen MR) is 118 cm³/mol. The van der Waals surface area contributed by atoms with E-state index in [-0.39, 0.29) is 35.8 Å². The van der Waals surface area contributed by atoms with Crippen LogP contribution in [0.1, 0.15) is 34.8 Å². The van der Waals surface area contributed by atoms with Gasteiger partial charge in [-0.2, -0.15) is 0 Å². The number of amides is 1. The van der Waals surface area contributed by atoms with Crippen molar-refractivity contribution in [1.82, 2.24) is 20.5 Å². The van der Waals surface area contributed by atoms with Crippen LogP contribution in [-0.4, -0.2) is 55.0 Å². The van der Waals surface area contributed by atoms with Crippen molar-refractivity contribution in [3.8, 4) is 0 Å². The Morgan fingerprint density at radius 1 is 1.42 bits per heavy atom. The van der Waals surface area contributed by atoms with Crippen molar-refractivity contribution in [3.05, 3.63) is 15.6 Å². The normalized spacial score (nSPS) is 18.3. The highest BCUT2D eigenvalue weighted by Gasteiger charge is 2.23. The second-order valence-corrected chi connectivity index (χ2v) is 7.78. The van der Waals surface area contributed by atoms with Gasteiger partial charge in [0.1, 0.15) is 0 Å². The van der Waals surface area contributed by atoms with Crippen LogP contribution in [0.4, 0.5) is 0 Å². The summed E-state index contributed by atoms with van der Waals surface area (Å²) < 4.78 is 0. The molecule has 2 rings (SSSR count). The summed E-state index contributed by atoms with van der Waals surface area (Å²) in [5, 5.41) is 7.77. The molecule has 1 fully saturated rings. The molecule has 7 nitrogen and oxygen atoms in total. The number of aliphatic imine (C=N–C) groups is 1. The number of nitrogens with one attached hydrogen (secondary N) is 2. The molecule has 148 valence electrons. The minimum Gasteiger partial charge on any atom is -0.369 e. The van der Waals surface area contributed by atoms with E-state index >= 15 is 0 Å². The summed E-state index contributed by atoms with van der Waals surface area (Å²) >= 11 is 1.72. The van der Waals surface area contributed by atoms with E-state index in [2.05, 4.69) is 25.5 Å². The summed E-state index contributed by atoms with van der Waals surface area (Å²) in [5.74, 6) is 0.655. The van der Waals surface area contributed by atoms with E-state index in [1.807, 2.05) is 13.8 Å². The number of piperidine rings is 1. The Bertz CT molecular complexity index is 606. The topological polar surface area (TPSA) is 95.6 Å². The zero-order chi connectivity index (χ0) is 18.2. The molecule has 1 aliphatic heterocycles. The smallest absolute Gasteiger partial charge is 0.221 e. The van der Waals surface area contributed by atoms with Crippen molar-refractivity contribution in [2.24, 2.45) is 16.6 Å². The van der Waals surface area contributed by atoms with Gasteiger partial charge in [0.15, 0.2) is 5.96 Å². The van der Waals surface area contributed by atoms with E-state index in [0.717, 1.165) is 68.6 Å². The Morgan fingerprint density at radius 2 is 2.19 bits per heavy atom. The standard InChI is InChI=1S/C17H30N6OS.HI/c1-12-15(25-13(2)22-12)10-21-17(19-3)20-7-5-9-23-8-4-6-14(11-23)16(18)24;/h14H,4-11H2,1-3H3,(H2,18,24)(H2,19,20,21);1H. The van der Waals surface area contributed by atoms with Crippen molar-refractivity contribution in [2.75, 3.05) is 33.2 Å². The van der Waals surface area contributed by atoms with Crippen LogP contribution in [0.15, 0.2) is 4.99 Å². The van der Waals surface area contributed by atoms with Crippen LogP contribution in [0.2, 0.25) is 0 Å². The number of hydrogen-bond donors (Lipinski definition) is 3. The van der Waals surface area contributed by atoms with Gasteiger partial charge in [0.25, 0.3) is 0 Å². The molecule has 1 aliphatic rings. The van der Waals surface area contributed by atoms with Crippen LogP contribution in [0.3, 0.4) is 0 Å². The van der Waals surface area contributed by atoms with Gasteiger partial charge in [-0.25, -0.2) is 4.98 Å². The Labute approximate surface area is 177 Å². The predicted octanol–water partition coefficient (Wildman–Crippen LogP) is 1.63. The van der Waals surface area contributed by atoms with Crippen LogP contribution in [0.5, 0.6) is 0 Å². The highest BCUT2D eigenvalue weighted by Crippen LogP contribution is 2.17. The molecule has 26 heavy (non-hydrogen) atoms. The first-order chi connectivity index (χ1) is 12.0. The van der Waals surface area contributed by atoms with Crippen LogP contribution in [0, 0.1) is 19.8 Å². The summed E-state index contributed by atoms with van der Waals surface area (Å²) in [7, 11) is 1.78. The van der Waals surface area contributed by atoms with Gasteiger partial charge in [0, 0.05) is 25.0 Å². The molecule has 1 aromatic rings. The summed E-state index contributed by atoms with van der Waals surface area (Å²) in [5.41, 5.74) is 6.51. The van der Waals surface area contributed by atoms with Gasteiger partial charge in [-0.05, 0) is 46.2 Å². The molecule has 0 saturated carbocycles. The van der Waals surface area contributed by atoms with Gasteiger partial charge < -0.3 is 21.3 Å². The van der Waals surface area contributed by atoms with Crippen molar-refractivity contribution in [1.29, 1.82) is 0 Å². The Hall–Kier alpha value is -0.940. The largest absolute Gasteiger partial charge is 0.369 e. The first kappa shape index (κ1) is 23.1. The highest BCUT2D eigenvalue weighted by atomic mass is 127. The summed E-state index contributed by atoms with van der Waals surface area (Å²) in [6, 6.07) is 0. The maximum absolute atomic E-state index is 11.3. The van der Waals surface area contributed by atoms with Crippen LogP contribution in [0.25, 0.3) is 0 Å². The molecule has 4 N–H and O–H groups in total. The molecule has 1 amide bonds. The van der Waals surface area contributed by atoms with Gasteiger partial charge in [0.05, 0.1) is 23.2 Å². The average molecular weight is 494 g/mol. The fourth-order valence-corrected chi connectivity index (χ4v) is 4.00. The molecular formula is C17H31IN6OS. The molecule has 0 bridgehead atoms. The summed E-state index contributed by atoms with van der Waals surface area (Å²) in [6.45, 7) is 8.47. The second kappa shape index (κ2) is 11.7. The number of nitrogens with zero attached hydrogens (tertiary/aromatic N) is 3. The highest BCUT2D eigenvalue weighted by molar-refractivity contribution is 14.0. The third-order valence-corrected chi connectivity index (χ3v) is 5.56. The van der Waals surface area contributed by atoms with Gasteiger partial charge in [0.2, 0.25) is 5.91 Å². The number of hydrogen-bond acceptors (Lipinski definition) is 5. The lowest BCUT2D eigenvalue weighted by atomic mass is 9.97. The molecule has 0 radical (unpaired) electrons. The number of guanidine groups is 1. The minimum absolute atomic E-state index is 0. The molecule has 9 heteroatoms.